The first-order chi connectivity index (χ1) is 12.7. The maximum atomic E-state index is 11.9. The number of benzene rings is 1. The van der Waals surface area contributed by atoms with Gasteiger partial charge < -0.3 is 20.1 Å². The fourth-order valence-corrected chi connectivity index (χ4v) is 2.45. The molecule has 7 heteroatoms. The molecule has 2 N–H and O–H groups in total. The second-order valence-corrected chi connectivity index (χ2v) is 7.09. The lowest BCUT2D eigenvalue weighted by Crippen LogP contribution is -2.44. The first-order valence-corrected chi connectivity index (χ1v) is 9.07. The van der Waals surface area contributed by atoms with E-state index in [0.717, 1.165) is 0 Å². The van der Waals surface area contributed by atoms with Gasteiger partial charge in [-0.1, -0.05) is 39.8 Å². The van der Waals surface area contributed by atoms with Crippen LogP contribution in [0.5, 0.6) is 0 Å². The summed E-state index contributed by atoms with van der Waals surface area (Å²) in [7, 11) is 1.27. The highest BCUT2D eigenvalue weighted by molar-refractivity contribution is 5.92. The molecule has 1 aromatic rings. The van der Waals surface area contributed by atoms with Crippen LogP contribution in [0.2, 0.25) is 0 Å². The number of hydrogen-bond donors (Lipinski definition) is 2. The van der Waals surface area contributed by atoms with E-state index in [1.54, 1.807) is 0 Å². The second kappa shape index (κ2) is 11.3. The van der Waals surface area contributed by atoms with Crippen molar-refractivity contribution in [1.29, 1.82) is 0 Å². The molecule has 0 saturated carbocycles. The summed E-state index contributed by atoms with van der Waals surface area (Å²) in [5.41, 5.74) is 1.85. The number of nitrogens with one attached hydrogen (secondary N) is 2. The molecular formula is C20H30N2O5. The van der Waals surface area contributed by atoms with Crippen molar-refractivity contribution in [2.24, 2.45) is 5.92 Å². The zero-order valence-electron chi connectivity index (χ0n) is 16.7. The van der Waals surface area contributed by atoms with Gasteiger partial charge in [0.1, 0.15) is 19.3 Å². The number of amides is 2. The van der Waals surface area contributed by atoms with Crippen LogP contribution in [0.15, 0.2) is 24.3 Å². The van der Waals surface area contributed by atoms with Crippen molar-refractivity contribution in [3.8, 4) is 0 Å². The second-order valence-electron chi connectivity index (χ2n) is 7.09. The van der Waals surface area contributed by atoms with Gasteiger partial charge in [-0.2, -0.15) is 0 Å². The normalized spacial score (nSPS) is 12.0. The zero-order valence-corrected chi connectivity index (χ0v) is 16.7. The predicted octanol–water partition coefficient (Wildman–Crippen LogP) is 2.47. The summed E-state index contributed by atoms with van der Waals surface area (Å²) in [6.07, 6.45) is 0.464. The Bertz CT molecular complexity index is 626. The minimum Gasteiger partial charge on any atom is -0.467 e. The Hall–Kier alpha value is -2.41. The number of carbonyl (C=O) groups excluding carboxylic acids is 3. The van der Waals surface area contributed by atoms with Crippen LogP contribution in [0.3, 0.4) is 0 Å². The van der Waals surface area contributed by atoms with Crippen LogP contribution in [-0.4, -0.2) is 44.1 Å². The van der Waals surface area contributed by atoms with Crippen molar-refractivity contribution in [1.82, 2.24) is 5.32 Å². The van der Waals surface area contributed by atoms with Crippen LogP contribution < -0.4 is 10.6 Å². The maximum absolute atomic E-state index is 11.9. The molecule has 1 aromatic carbocycles. The van der Waals surface area contributed by atoms with Crippen LogP contribution in [0.25, 0.3) is 0 Å². The van der Waals surface area contributed by atoms with Crippen molar-refractivity contribution in [2.45, 2.75) is 46.1 Å². The van der Waals surface area contributed by atoms with Crippen molar-refractivity contribution >= 4 is 23.5 Å². The van der Waals surface area contributed by atoms with E-state index in [9.17, 15) is 14.4 Å². The van der Waals surface area contributed by atoms with Gasteiger partial charge in [0.2, 0.25) is 11.8 Å². The Balaban J connectivity index is 2.39. The Morgan fingerprint density at radius 2 is 1.56 bits per heavy atom. The first kappa shape index (κ1) is 22.6. The van der Waals surface area contributed by atoms with Gasteiger partial charge in [0.05, 0.1) is 7.11 Å². The number of esters is 1. The molecule has 2 amide bonds. The van der Waals surface area contributed by atoms with Gasteiger partial charge in [0.15, 0.2) is 0 Å². The van der Waals surface area contributed by atoms with Crippen LogP contribution in [0.4, 0.5) is 5.69 Å². The van der Waals surface area contributed by atoms with E-state index < -0.39 is 17.9 Å². The minimum absolute atomic E-state index is 0.211. The van der Waals surface area contributed by atoms with E-state index in [4.69, 9.17) is 4.74 Å². The molecule has 1 rings (SSSR count). The quantitative estimate of drug-likeness (QED) is 0.610. The van der Waals surface area contributed by atoms with Crippen LogP contribution in [0, 0.1) is 5.92 Å². The minimum atomic E-state index is -0.723. The Morgan fingerprint density at radius 3 is 2.07 bits per heavy atom. The lowest BCUT2D eigenvalue weighted by molar-refractivity contribution is -0.146. The summed E-state index contributed by atoms with van der Waals surface area (Å²) in [4.78, 5) is 35.5. The SMILES string of the molecule is COC(=O)C(CC(C)C)NC(=O)COCC(=O)Nc1ccc(C(C)C)cc1. The number of hydrogen-bond acceptors (Lipinski definition) is 5. The lowest BCUT2D eigenvalue weighted by atomic mass is 10.0. The monoisotopic (exact) mass is 378 g/mol. The molecule has 27 heavy (non-hydrogen) atoms. The first-order valence-electron chi connectivity index (χ1n) is 9.07. The fraction of sp³-hybridized carbons (Fsp3) is 0.550. The van der Waals surface area contributed by atoms with Crippen LogP contribution in [0.1, 0.15) is 45.6 Å². The van der Waals surface area contributed by atoms with E-state index in [1.807, 2.05) is 38.1 Å². The molecule has 0 aliphatic heterocycles. The van der Waals surface area contributed by atoms with E-state index in [2.05, 4.69) is 29.2 Å². The number of anilines is 1. The number of ether oxygens (including phenoxy) is 2. The summed E-state index contributed by atoms with van der Waals surface area (Å²) in [5, 5.41) is 5.28. The third kappa shape index (κ3) is 8.68. The third-order valence-electron chi connectivity index (χ3n) is 3.86. The van der Waals surface area contributed by atoms with Gasteiger partial charge in [-0.05, 0) is 36.0 Å². The summed E-state index contributed by atoms with van der Waals surface area (Å²) in [6, 6.07) is 6.84. The van der Waals surface area contributed by atoms with Crippen LogP contribution in [-0.2, 0) is 23.9 Å². The van der Waals surface area contributed by atoms with Crippen molar-refractivity contribution in [3.05, 3.63) is 29.8 Å². The molecule has 0 radical (unpaired) electrons. The highest BCUT2D eigenvalue weighted by Crippen LogP contribution is 2.17. The standard InChI is InChI=1S/C20H30N2O5/c1-13(2)10-17(20(25)26-5)22-19(24)12-27-11-18(23)21-16-8-6-15(7-9-16)14(3)4/h6-9,13-14,17H,10-12H2,1-5H3,(H,21,23)(H,22,24). The molecule has 1 unspecified atom stereocenters. The molecule has 0 bridgehead atoms. The zero-order chi connectivity index (χ0) is 20.4. The van der Waals surface area contributed by atoms with Gasteiger partial charge in [-0.3, -0.25) is 9.59 Å². The van der Waals surface area contributed by atoms with E-state index >= 15 is 0 Å². The van der Waals surface area contributed by atoms with Gasteiger partial charge >= 0.3 is 5.97 Å². The molecule has 0 fully saturated rings. The average Bonchev–Trinajstić information content (AvgIpc) is 2.60. The van der Waals surface area contributed by atoms with E-state index in [0.29, 0.717) is 18.0 Å². The van der Waals surface area contributed by atoms with Crippen molar-refractivity contribution in [3.63, 3.8) is 0 Å². The fourth-order valence-electron chi connectivity index (χ4n) is 2.45. The molecule has 0 saturated heterocycles. The highest BCUT2D eigenvalue weighted by atomic mass is 16.5. The van der Waals surface area contributed by atoms with Gasteiger partial charge in [0, 0.05) is 5.69 Å². The largest absolute Gasteiger partial charge is 0.467 e. The number of rotatable bonds is 10. The summed E-state index contributed by atoms with van der Waals surface area (Å²) < 4.78 is 9.82. The predicted molar refractivity (Wildman–Crippen MR) is 103 cm³/mol. The van der Waals surface area contributed by atoms with Crippen molar-refractivity contribution in [2.75, 3.05) is 25.6 Å². The Kier molecular flexibility index (Phi) is 9.50. The molecule has 150 valence electrons. The van der Waals surface area contributed by atoms with Gasteiger partial charge in [0.25, 0.3) is 0 Å². The van der Waals surface area contributed by atoms with Gasteiger partial charge in [-0.25, -0.2) is 4.79 Å². The molecule has 0 aliphatic carbocycles. The third-order valence-corrected chi connectivity index (χ3v) is 3.86. The van der Waals surface area contributed by atoms with Crippen molar-refractivity contribution < 1.29 is 23.9 Å². The summed E-state index contributed by atoms with van der Waals surface area (Å²) in [6.45, 7) is 7.50. The smallest absolute Gasteiger partial charge is 0.328 e. The van der Waals surface area contributed by atoms with E-state index in [-0.39, 0.29) is 25.0 Å². The Morgan fingerprint density at radius 1 is 0.963 bits per heavy atom. The van der Waals surface area contributed by atoms with E-state index in [1.165, 1.54) is 12.7 Å². The summed E-state index contributed by atoms with van der Waals surface area (Å²) >= 11 is 0. The molecule has 0 aromatic heterocycles. The Labute approximate surface area is 160 Å². The maximum Gasteiger partial charge on any atom is 0.328 e. The average molecular weight is 378 g/mol. The topological polar surface area (TPSA) is 93.7 Å². The molecular weight excluding hydrogens is 348 g/mol. The highest BCUT2D eigenvalue weighted by Gasteiger charge is 2.22. The molecule has 0 aliphatic rings. The van der Waals surface area contributed by atoms with Gasteiger partial charge in [-0.15, -0.1) is 0 Å². The lowest BCUT2D eigenvalue weighted by Gasteiger charge is -2.18. The van der Waals surface area contributed by atoms with Crippen LogP contribution >= 0.6 is 0 Å². The molecule has 7 nitrogen and oxygen atoms in total. The number of carbonyl (C=O) groups is 3. The molecule has 1 atom stereocenters. The molecule has 0 spiro atoms. The molecule has 0 heterocycles. The summed E-state index contributed by atoms with van der Waals surface area (Å²) in [5.74, 6) is -0.698. The number of methoxy groups -OCH3 is 1.